The fraction of sp³-hybridized carbons (Fsp3) is 0.444. The number of hydrogen-bond acceptors (Lipinski definition) is 5. The summed E-state index contributed by atoms with van der Waals surface area (Å²) in [5.74, 6) is -0.740. The number of aliphatic hydroxyl groups is 1. The molecule has 3 heterocycles. The molecule has 1 aromatic carbocycles. The summed E-state index contributed by atoms with van der Waals surface area (Å²) in [4.78, 5) is 46.0. The number of carbonyl (C=O) groups excluding carboxylic acids is 2. The van der Waals surface area contributed by atoms with Crippen molar-refractivity contribution in [1.29, 1.82) is 0 Å². The average Bonchev–Trinajstić information content (AvgIpc) is 2.65. The number of fused-ring (bicyclic) bond motifs is 1. The molecule has 0 aliphatic carbocycles. The van der Waals surface area contributed by atoms with E-state index in [1.54, 1.807) is 24.3 Å². The van der Waals surface area contributed by atoms with Crippen LogP contribution in [0.2, 0.25) is 0 Å². The quantitative estimate of drug-likeness (QED) is 0.667. The molecule has 2 aliphatic rings. The van der Waals surface area contributed by atoms with E-state index in [2.05, 4.69) is 15.3 Å². The minimum absolute atomic E-state index is 0.0901. The van der Waals surface area contributed by atoms with E-state index in [-0.39, 0.29) is 24.7 Å². The number of likely N-dealkylation sites (tertiary alicyclic amines) is 1. The maximum atomic E-state index is 12.9. The largest absolute Gasteiger partial charge is 0.392 e. The van der Waals surface area contributed by atoms with Crippen LogP contribution in [-0.4, -0.2) is 57.5 Å². The van der Waals surface area contributed by atoms with Crippen LogP contribution in [0.3, 0.4) is 0 Å². The van der Waals surface area contributed by atoms with Gasteiger partial charge in [-0.1, -0.05) is 12.1 Å². The van der Waals surface area contributed by atoms with E-state index in [0.717, 1.165) is 6.42 Å². The molecule has 3 N–H and O–H groups in total. The van der Waals surface area contributed by atoms with Crippen LogP contribution in [-0.2, 0) is 4.79 Å². The van der Waals surface area contributed by atoms with Crippen LogP contribution >= 0.6 is 0 Å². The molecule has 2 fully saturated rings. The summed E-state index contributed by atoms with van der Waals surface area (Å²) in [6, 6.07) is 6.99. The van der Waals surface area contributed by atoms with Crippen LogP contribution in [0.4, 0.5) is 0 Å². The van der Waals surface area contributed by atoms with Crippen LogP contribution in [0, 0.1) is 5.41 Å². The van der Waals surface area contributed by atoms with E-state index in [1.165, 1.54) is 4.90 Å². The average molecular weight is 356 g/mol. The third-order valence-electron chi connectivity index (χ3n) is 5.41. The number of hydrogen-bond donors (Lipinski definition) is 3. The molecule has 8 nitrogen and oxygen atoms in total. The molecule has 0 unspecified atom stereocenters. The smallest absolute Gasteiger partial charge is 0.280 e. The van der Waals surface area contributed by atoms with Gasteiger partial charge in [-0.25, -0.2) is 4.98 Å². The Labute approximate surface area is 149 Å². The summed E-state index contributed by atoms with van der Waals surface area (Å²) in [5.41, 5.74) is -0.659. The molecule has 2 aromatic rings. The second-order valence-corrected chi connectivity index (χ2v) is 6.98. The van der Waals surface area contributed by atoms with E-state index in [9.17, 15) is 19.5 Å². The first kappa shape index (κ1) is 16.7. The lowest BCUT2D eigenvalue weighted by Crippen LogP contribution is -2.62. The van der Waals surface area contributed by atoms with Gasteiger partial charge in [-0.05, 0) is 31.4 Å². The fourth-order valence-corrected chi connectivity index (χ4v) is 3.94. The number of nitrogens with one attached hydrogen (secondary N) is 2. The number of carbonyl (C=O) groups is 2. The standard InChI is InChI=1S/C18H20N4O4/c23-13-6-9-22(10-18(13)7-3-8-19-17(18)26)16(25)14-15(24)21-12-5-2-1-4-11(12)20-14/h1-2,4-5,13,23H,3,6-10H2,(H,19,26)(H,21,24)/t13-,18-/m1/s1. The summed E-state index contributed by atoms with van der Waals surface area (Å²) in [6.45, 7) is 0.947. The number of aliphatic hydroxyl groups excluding tert-OH is 1. The molecule has 1 aromatic heterocycles. The maximum absolute atomic E-state index is 12.9. The lowest BCUT2D eigenvalue weighted by molar-refractivity contribution is -0.147. The van der Waals surface area contributed by atoms with E-state index in [4.69, 9.17) is 0 Å². The van der Waals surface area contributed by atoms with Crippen molar-refractivity contribution in [3.05, 3.63) is 40.3 Å². The number of rotatable bonds is 1. The number of H-pyrrole nitrogens is 1. The van der Waals surface area contributed by atoms with Crippen molar-refractivity contribution >= 4 is 22.8 Å². The van der Waals surface area contributed by atoms with Gasteiger partial charge in [0.05, 0.1) is 22.6 Å². The van der Waals surface area contributed by atoms with Crippen molar-refractivity contribution in [2.45, 2.75) is 25.4 Å². The Morgan fingerprint density at radius 2 is 2.12 bits per heavy atom. The molecule has 136 valence electrons. The second kappa shape index (κ2) is 6.21. The van der Waals surface area contributed by atoms with E-state index >= 15 is 0 Å². The van der Waals surface area contributed by atoms with Gasteiger partial charge >= 0.3 is 0 Å². The van der Waals surface area contributed by atoms with Gasteiger partial charge in [0.2, 0.25) is 5.91 Å². The van der Waals surface area contributed by atoms with Crippen molar-refractivity contribution in [1.82, 2.24) is 20.2 Å². The zero-order valence-corrected chi connectivity index (χ0v) is 14.2. The molecule has 2 amide bonds. The summed E-state index contributed by atoms with van der Waals surface area (Å²) in [5, 5.41) is 13.2. The Morgan fingerprint density at radius 3 is 2.92 bits per heavy atom. The molecule has 0 saturated carbocycles. The SMILES string of the molecule is O=C(c1nc2ccccc2[nH]c1=O)N1CC[C@@H](O)[C@@]2(CCCNC2=O)C1. The third-order valence-corrected chi connectivity index (χ3v) is 5.41. The minimum Gasteiger partial charge on any atom is -0.392 e. The summed E-state index contributed by atoms with van der Waals surface area (Å²) < 4.78 is 0. The Morgan fingerprint density at radius 1 is 1.31 bits per heavy atom. The molecule has 4 rings (SSSR count). The summed E-state index contributed by atoms with van der Waals surface area (Å²) in [6.07, 6.45) is 0.768. The van der Waals surface area contributed by atoms with Gasteiger partial charge in [0.15, 0.2) is 5.69 Å². The summed E-state index contributed by atoms with van der Waals surface area (Å²) >= 11 is 0. The first-order chi connectivity index (χ1) is 12.5. The Bertz CT molecular complexity index is 940. The maximum Gasteiger partial charge on any atom is 0.280 e. The topological polar surface area (TPSA) is 115 Å². The number of benzene rings is 1. The van der Waals surface area contributed by atoms with Crippen molar-refractivity contribution in [2.24, 2.45) is 5.41 Å². The molecule has 2 atom stereocenters. The predicted molar refractivity (Wildman–Crippen MR) is 93.6 cm³/mol. The van der Waals surface area contributed by atoms with E-state index < -0.39 is 23.0 Å². The first-order valence-corrected chi connectivity index (χ1v) is 8.76. The molecule has 1 spiro atoms. The predicted octanol–water partition coefficient (Wildman–Crippen LogP) is 0.0263. The van der Waals surface area contributed by atoms with Gasteiger partial charge in [-0.2, -0.15) is 0 Å². The molecular formula is C18H20N4O4. The van der Waals surface area contributed by atoms with Crippen molar-refractivity contribution in [2.75, 3.05) is 19.6 Å². The monoisotopic (exact) mass is 356 g/mol. The zero-order valence-electron chi connectivity index (χ0n) is 14.2. The fourth-order valence-electron chi connectivity index (χ4n) is 3.94. The first-order valence-electron chi connectivity index (χ1n) is 8.76. The highest BCUT2D eigenvalue weighted by Crippen LogP contribution is 2.37. The summed E-state index contributed by atoms with van der Waals surface area (Å²) in [7, 11) is 0. The molecule has 0 bridgehead atoms. The lowest BCUT2D eigenvalue weighted by Gasteiger charge is -2.46. The van der Waals surface area contributed by atoms with Gasteiger partial charge < -0.3 is 20.3 Å². The van der Waals surface area contributed by atoms with Gasteiger partial charge in [-0.3, -0.25) is 14.4 Å². The van der Waals surface area contributed by atoms with Gasteiger partial charge in [0.25, 0.3) is 11.5 Å². The van der Waals surface area contributed by atoms with Crippen LogP contribution < -0.4 is 10.9 Å². The van der Waals surface area contributed by atoms with Crippen molar-refractivity contribution in [3.63, 3.8) is 0 Å². The molecule has 0 radical (unpaired) electrons. The molecule has 2 saturated heterocycles. The van der Waals surface area contributed by atoms with E-state index in [0.29, 0.717) is 30.4 Å². The van der Waals surface area contributed by atoms with Gasteiger partial charge in [0.1, 0.15) is 0 Å². The number of para-hydroxylation sites is 2. The molecule has 26 heavy (non-hydrogen) atoms. The Hall–Kier alpha value is -2.74. The number of aromatic nitrogens is 2. The van der Waals surface area contributed by atoms with Gasteiger partial charge in [0, 0.05) is 19.6 Å². The lowest BCUT2D eigenvalue weighted by atomic mass is 9.71. The van der Waals surface area contributed by atoms with Crippen LogP contribution in [0.15, 0.2) is 29.1 Å². The Balaban J connectivity index is 1.67. The van der Waals surface area contributed by atoms with Crippen molar-refractivity contribution < 1.29 is 14.7 Å². The van der Waals surface area contributed by atoms with Crippen LogP contribution in [0.5, 0.6) is 0 Å². The number of nitrogens with zero attached hydrogens (tertiary/aromatic N) is 2. The van der Waals surface area contributed by atoms with Crippen LogP contribution in [0.1, 0.15) is 29.8 Å². The zero-order chi connectivity index (χ0) is 18.3. The normalized spacial score (nSPS) is 26.1. The highest BCUT2D eigenvalue weighted by molar-refractivity contribution is 5.94. The third kappa shape index (κ3) is 2.57. The number of aromatic amines is 1. The second-order valence-electron chi connectivity index (χ2n) is 6.98. The highest BCUT2D eigenvalue weighted by atomic mass is 16.3. The minimum atomic E-state index is -1.00. The van der Waals surface area contributed by atoms with E-state index in [1.807, 2.05) is 0 Å². The molecule has 8 heteroatoms. The van der Waals surface area contributed by atoms with Crippen LogP contribution in [0.25, 0.3) is 11.0 Å². The highest BCUT2D eigenvalue weighted by Gasteiger charge is 2.50. The molecule has 2 aliphatic heterocycles. The number of amides is 2. The molecular weight excluding hydrogens is 336 g/mol. The van der Waals surface area contributed by atoms with Gasteiger partial charge in [-0.15, -0.1) is 0 Å². The number of piperidine rings is 2. The Kier molecular flexibility index (Phi) is 3.99. The van der Waals surface area contributed by atoms with Crippen molar-refractivity contribution in [3.8, 4) is 0 Å².